The topological polar surface area (TPSA) is 74.2 Å². The molecule has 1 saturated heterocycles. The molecule has 2 aliphatic rings. The molecular weight excluding hydrogens is 318 g/mol. The summed E-state index contributed by atoms with van der Waals surface area (Å²) in [7, 11) is 1.77. The van der Waals surface area contributed by atoms with Gasteiger partial charge in [-0.1, -0.05) is 19.8 Å². The van der Waals surface area contributed by atoms with Crippen molar-refractivity contribution < 1.29 is 14.6 Å². The number of nitrogens with one attached hydrogen (secondary N) is 1. The Bertz CT molecular complexity index is 501. The van der Waals surface area contributed by atoms with Crippen LogP contribution in [-0.2, 0) is 9.53 Å². The number of likely N-dealkylation sites (tertiary alicyclic amines) is 1. The summed E-state index contributed by atoms with van der Waals surface area (Å²) < 4.78 is 5.51. The number of aliphatic hydroxyl groups is 1. The highest BCUT2D eigenvalue weighted by Gasteiger charge is 2.37. The minimum absolute atomic E-state index is 0.103. The highest BCUT2D eigenvalue weighted by molar-refractivity contribution is 5.82. The van der Waals surface area contributed by atoms with E-state index in [2.05, 4.69) is 22.1 Å². The molecule has 2 N–H and O–H groups in total. The Balaban J connectivity index is 1.88. The molecule has 6 heteroatoms. The molecule has 1 aliphatic heterocycles. The molecule has 1 aliphatic carbocycles. The van der Waals surface area contributed by atoms with Gasteiger partial charge in [-0.25, -0.2) is 0 Å². The Kier molecular flexibility index (Phi) is 6.35. The van der Waals surface area contributed by atoms with Crippen molar-refractivity contribution in [3.63, 3.8) is 0 Å². The second-order valence-electron chi connectivity index (χ2n) is 8.78. The lowest BCUT2D eigenvalue weighted by Gasteiger charge is -2.39. The zero-order valence-electron chi connectivity index (χ0n) is 16.5. The van der Waals surface area contributed by atoms with E-state index in [-0.39, 0.29) is 23.4 Å². The average molecular weight is 354 g/mol. The fourth-order valence-corrected chi connectivity index (χ4v) is 3.73. The predicted octanol–water partition coefficient (Wildman–Crippen LogP) is 2.17. The molecule has 0 aromatic heterocycles. The van der Waals surface area contributed by atoms with Gasteiger partial charge in [-0.05, 0) is 40.0 Å². The second-order valence-corrected chi connectivity index (χ2v) is 8.78. The molecule has 0 bridgehead atoms. The van der Waals surface area contributed by atoms with Crippen LogP contribution in [0, 0.1) is 11.3 Å². The Morgan fingerprint density at radius 3 is 2.68 bits per heavy atom. The standard InChI is InChI=1S/C19H35N3O3/c1-18(2,3)25-16(24)14-9-11-22(12-14)17(20-5)21-13-19(4)10-7-6-8-15(19)23/h14-15,23H,6-13H2,1-5H3,(H,20,21). The maximum atomic E-state index is 12.3. The zero-order valence-corrected chi connectivity index (χ0v) is 16.5. The van der Waals surface area contributed by atoms with Gasteiger partial charge in [-0.15, -0.1) is 0 Å². The van der Waals surface area contributed by atoms with Gasteiger partial charge in [-0.3, -0.25) is 9.79 Å². The molecule has 2 rings (SSSR count). The third kappa shape index (κ3) is 5.33. The van der Waals surface area contributed by atoms with Crippen LogP contribution in [-0.4, -0.2) is 60.3 Å². The fourth-order valence-electron chi connectivity index (χ4n) is 3.73. The van der Waals surface area contributed by atoms with E-state index in [4.69, 9.17) is 4.74 Å². The molecule has 144 valence electrons. The van der Waals surface area contributed by atoms with E-state index in [0.717, 1.165) is 44.6 Å². The van der Waals surface area contributed by atoms with Crippen LogP contribution in [0.3, 0.4) is 0 Å². The van der Waals surface area contributed by atoms with E-state index in [1.807, 2.05) is 20.8 Å². The molecule has 0 aromatic carbocycles. The quantitative estimate of drug-likeness (QED) is 0.462. The summed E-state index contributed by atoms with van der Waals surface area (Å²) >= 11 is 0. The van der Waals surface area contributed by atoms with Crippen molar-refractivity contribution >= 4 is 11.9 Å². The average Bonchev–Trinajstić information content (AvgIpc) is 2.99. The van der Waals surface area contributed by atoms with Gasteiger partial charge < -0.3 is 20.1 Å². The number of carbonyl (C=O) groups is 1. The van der Waals surface area contributed by atoms with E-state index in [1.165, 1.54) is 0 Å². The normalized spacial score (nSPS) is 31.1. The predicted molar refractivity (Wildman–Crippen MR) is 99.5 cm³/mol. The minimum Gasteiger partial charge on any atom is -0.460 e. The fraction of sp³-hybridized carbons (Fsp3) is 0.895. The van der Waals surface area contributed by atoms with Gasteiger partial charge in [0.05, 0.1) is 12.0 Å². The monoisotopic (exact) mass is 353 g/mol. The highest BCUT2D eigenvalue weighted by atomic mass is 16.6. The van der Waals surface area contributed by atoms with Gasteiger partial charge in [0.15, 0.2) is 5.96 Å². The summed E-state index contributed by atoms with van der Waals surface area (Å²) in [5.41, 5.74) is -0.561. The number of carbonyl (C=O) groups excluding carboxylic acids is 1. The van der Waals surface area contributed by atoms with Crippen molar-refractivity contribution in [2.24, 2.45) is 16.3 Å². The van der Waals surface area contributed by atoms with Gasteiger partial charge >= 0.3 is 5.97 Å². The van der Waals surface area contributed by atoms with Crippen molar-refractivity contribution in [1.82, 2.24) is 10.2 Å². The van der Waals surface area contributed by atoms with Crippen LogP contribution in [0.15, 0.2) is 4.99 Å². The smallest absolute Gasteiger partial charge is 0.311 e. The third-order valence-corrected chi connectivity index (χ3v) is 5.37. The first-order valence-electron chi connectivity index (χ1n) is 9.51. The summed E-state index contributed by atoms with van der Waals surface area (Å²) in [5.74, 6) is 0.582. The zero-order chi connectivity index (χ0) is 18.7. The molecular formula is C19H35N3O3. The highest BCUT2D eigenvalue weighted by Crippen LogP contribution is 2.35. The van der Waals surface area contributed by atoms with Crippen molar-refractivity contribution in [2.45, 2.75) is 71.5 Å². The number of guanidine groups is 1. The molecule has 2 fully saturated rings. The lowest BCUT2D eigenvalue weighted by molar-refractivity contribution is -0.159. The minimum atomic E-state index is -0.448. The molecule has 3 atom stereocenters. The van der Waals surface area contributed by atoms with Gasteiger partial charge in [-0.2, -0.15) is 0 Å². The molecule has 0 radical (unpaired) electrons. The van der Waals surface area contributed by atoms with E-state index >= 15 is 0 Å². The molecule has 0 spiro atoms. The SMILES string of the molecule is CN=C(NCC1(C)CCCCC1O)N1CCC(C(=O)OC(C)(C)C)C1. The Morgan fingerprint density at radius 1 is 1.36 bits per heavy atom. The summed E-state index contributed by atoms with van der Waals surface area (Å²) in [6, 6.07) is 0. The lowest BCUT2D eigenvalue weighted by atomic mass is 9.73. The maximum absolute atomic E-state index is 12.3. The van der Waals surface area contributed by atoms with Crippen LogP contribution in [0.2, 0.25) is 0 Å². The molecule has 6 nitrogen and oxygen atoms in total. The van der Waals surface area contributed by atoms with Gasteiger partial charge in [0.1, 0.15) is 5.60 Å². The van der Waals surface area contributed by atoms with Crippen LogP contribution in [0.5, 0.6) is 0 Å². The van der Waals surface area contributed by atoms with E-state index < -0.39 is 5.60 Å². The van der Waals surface area contributed by atoms with Crippen molar-refractivity contribution in [3.05, 3.63) is 0 Å². The van der Waals surface area contributed by atoms with Gasteiger partial charge in [0, 0.05) is 32.1 Å². The molecule has 25 heavy (non-hydrogen) atoms. The Morgan fingerprint density at radius 2 is 2.08 bits per heavy atom. The first kappa shape index (κ1) is 20.0. The number of aliphatic imine (C=N–C) groups is 1. The molecule has 0 aromatic rings. The molecule has 1 heterocycles. The number of aliphatic hydroxyl groups excluding tert-OH is 1. The largest absolute Gasteiger partial charge is 0.460 e. The van der Waals surface area contributed by atoms with Crippen LogP contribution < -0.4 is 5.32 Å². The first-order chi connectivity index (χ1) is 11.6. The molecule has 3 unspecified atom stereocenters. The maximum Gasteiger partial charge on any atom is 0.311 e. The Hall–Kier alpha value is -1.30. The lowest BCUT2D eigenvalue weighted by Crippen LogP contribution is -2.49. The number of nitrogens with zero attached hydrogens (tertiary/aromatic N) is 2. The van der Waals surface area contributed by atoms with Crippen LogP contribution in [0.25, 0.3) is 0 Å². The second kappa shape index (κ2) is 7.94. The van der Waals surface area contributed by atoms with Crippen LogP contribution >= 0.6 is 0 Å². The van der Waals surface area contributed by atoms with Gasteiger partial charge in [0.2, 0.25) is 0 Å². The number of esters is 1. The van der Waals surface area contributed by atoms with Crippen molar-refractivity contribution in [1.29, 1.82) is 0 Å². The summed E-state index contributed by atoms with van der Waals surface area (Å²) in [6.45, 7) is 9.96. The van der Waals surface area contributed by atoms with Crippen molar-refractivity contribution in [3.8, 4) is 0 Å². The van der Waals surface area contributed by atoms with Crippen LogP contribution in [0.1, 0.15) is 59.8 Å². The summed E-state index contributed by atoms with van der Waals surface area (Å²) in [6.07, 6.45) is 4.70. The molecule has 0 amide bonds. The van der Waals surface area contributed by atoms with Crippen LogP contribution in [0.4, 0.5) is 0 Å². The number of rotatable bonds is 3. The first-order valence-corrected chi connectivity index (χ1v) is 9.51. The van der Waals surface area contributed by atoms with E-state index in [1.54, 1.807) is 7.05 Å². The number of ether oxygens (including phenoxy) is 1. The van der Waals surface area contributed by atoms with Gasteiger partial charge in [0.25, 0.3) is 0 Å². The molecule has 1 saturated carbocycles. The summed E-state index contributed by atoms with van der Waals surface area (Å²) in [5, 5.41) is 13.8. The van der Waals surface area contributed by atoms with Crippen molar-refractivity contribution in [2.75, 3.05) is 26.7 Å². The summed E-state index contributed by atoms with van der Waals surface area (Å²) in [4.78, 5) is 18.8. The van der Waals surface area contributed by atoms with E-state index in [0.29, 0.717) is 13.1 Å². The Labute approximate surface area is 152 Å². The number of hydrogen-bond acceptors (Lipinski definition) is 4. The van der Waals surface area contributed by atoms with E-state index in [9.17, 15) is 9.90 Å². The number of hydrogen-bond donors (Lipinski definition) is 2. The third-order valence-electron chi connectivity index (χ3n) is 5.37.